The van der Waals surface area contributed by atoms with Gasteiger partial charge in [0.1, 0.15) is 11.1 Å². The predicted molar refractivity (Wildman–Crippen MR) is 113 cm³/mol. The minimum Gasteiger partial charge on any atom is -0.323 e. The van der Waals surface area contributed by atoms with Gasteiger partial charge in [0.25, 0.3) is 0 Å². The Bertz CT molecular complexity index is 1090. The highest BCUT2D eigenvalue weighted by atomic mass is 32.1. The fraction of sp³-hybridized carbons (Fsp3) is 0.190. The molecule has 134 valence electrons. The van der Waals surface area contributed by atoms with Crippen molar-refractivity contribution in [2.75, 3.05) is 5.32 Å². The Morgan fingerprint density at radius 3 is 2.85 bits per heavy atom. The van der Waals surface area contributed by atoms with Gasteiger partial charge in [0.2, 0.25) is 5.91 Å². The van der Waals surface area contributed by atoms with Crippen molar-refractivity contribution in [2.24, 2.45) is 0 Å². The summed E-state index contributed by atoms with van der Waals surface area (Å²) in [6.45, 7) is 0. The zero-order valence-electron chi connectivity index (χ0n) is 14.5. The number of benzene rings is 2. The number of carbonyl (C=O) groups excluding carboxylic acids is 1. The van der Waals surface area contributed by atoms with Crippen LogP contribution in [0, 0.1) is 11.3 Å². The van der Waals surface area contributed by atoms with Gasteiger partial charge in [-0.25, -0.2) is 0 Å². The Labute approximate surface area is 166 Å². The van der Waals surface area contributed by atoms with E-state index in [-0.39, 0.29) is 17.4 Å². The number of nitriles is 1. The van der Waals surface area contributed by atoms with Gasteiger partial charge >= 0.3 is 0 Å². The van der Waals surface area contributed by atoms with Crippen molar-refractivity contribution in [3.05, 3.63) is 64.0 Å². The van der Waals surface area contributed by atoms with Gasteiger partial charge in [-0.2, -0.15) is 5.26 Å². The van der Waals surface area contributed by atoms with E-state index in [9.17, 15) is 10.1 Å². The molecule has 1 aliphatic rings. The number of hydrogen-bond donors (Lipinski definition) is 2. The minimum absolute atomic E-state index is 0.175. The smallest absolute Gasteiger partial charge is 0.230 e. The number of amides is 1. The summed E-state index contributed by atoms with van der Waals surface area (Å²) >= 11 is 6.85. The Hall–Kier alpha value is -2.75. The number of aryl methyl sites for hydroxylation is 1. The van der Waals surface area contributed by atoms with E-state index in [1.165, 1.54) is 4.88 Å². The number of thiophene rings is 1. The summed E-state index contributed by atoms with van der Waals surface area (Å²) < 4.78 is 0. The van der Waals surface area contributed by atoms with Crippen LogP contribution in [0.4, 0.5) is 5.00 Å². The summed E-state index contributed by atoms with van der Waals surface area (Å²) in [6.07, 6.45) is 3.30. The fourth-order valence-electron chi connectivity index (χ4n) is 3.54. The molecule has 0 unspecified atom stereocenters. The highest BCUT2D eigenvalue weighted by molar-refractivity contribution is 7.80. The molecule has 0 atom stereocenters. The summed E-state index contributed by atoms with van der Waals surface area (Å²) in [7, 11) is 0. The van der Waals surface area contributed by atoms with E-state index in [0.29, 0.717) is 5.56 Å². The summed E-state index contributed by atoms with van der Waals surface area (Å²) in [5, 5.41) is 18.4. The van der Waals surface area contributed by atoms with Crippen LogP contribution in [-0.2, 0) is 24.1 Å². The molecule has 0 aliphatic heterocycles. The number of nitrogens with one attached hydrogen (secondary N) is 2. The van der Waals surface area contributed by atoms with Crippen LogP contribution < -0.4 is 10.6 Å². The molecule has 6 heteroatoms. The molecule has 1 amide bonds. The van der Waals surface area contributed by atoms with Gasteiger partial charge in [0, 0.05) is 4.88 Å². The van der Waals surface area contributed by atoms with Crippen LogP contribution in [0.15, 0.2) is 42.5 Å². The van der Waals surface area contributed by atoms with Gasteiger partial charge in [0.15, 0.2) is 5.11 Å². The van der Waals surface area contributed by atoms with Gasteiger partial charge in [-0.1, -0.05) is 42.5 Å². The second kappa shape index (κ2) is 7.47. The van der Waals surface area contributed by atoms with Gasteiger partial charge < -0.3 is 10.6 Å². The van der Waals surface area contributed by atoms with Crippen molar-refractivity contribution < 1.29 is 4.79 Å². The molecule has 4 nitrogen and oxygen atoms in total. The molecular weight excluding hydrogens is 374 g/mol. The van der Waals surface area contributed by atoms with Crippen LogP contribution in [0.2, 0.25) is 0 Å². The Balaban J connectivity index is 1.44. The first-order valence-electron chi connectivity index (χ1n) is 8.78. The molecule has 27 heavy (non-hydrogen) atoms. The van der Waals surface area contributed by atoms with Gasteiger partial charge in [-0.3, -0.25) is 4.79 Å². The van der Waals surface area contributed by atoms with E-state index >= 15 is 0 Å². The van der Waals surface area contributed by atoms with Crippen LogP contribution in [0.1, 0.15) is 28.0 Å². The van der Waals surface area contributed by atoms with Crippen LogP contribution in [0.25, 0.3) is 10.8 Å². The Morgan fingerprint density at radius 2 is 2.00 bits per heavy atom. The van der Waals surface area contributed by atoms with Crippen molar-refractivity contribution in [3.63, 3.8) is 0 Å². The Kier molecular flexibility index (Phi) is 4.88. The fourth-order valence-corrected chi connectivity index (χ4v) is 5.06. The predicted octanol–water partition coefficient (Wildman–Crippen LogP) is 4.32. The van der Waals surface area contributed by atoms with Crippen LogP contribution in [-0.4, -0.2) is 11.0 Å². The number of carbonyl (C=O) groups is 1. The molecule has 1 aromatic heterocycles. The zero-order valence-corrected chi connectivity index (χ0v) is 16.2. The van der Waals surface area contributed by atoms with E-state index in [1.807, 2.05) is 42.5 Å². The van der Waals surface area contributed by atoms with Crippen LogP contribution in [0.3, 0.4) is 0 Å². The van der Waals surface area contributed by atoms with E-state index in [4.69, 9.17) is 12.2 Å². The third-order valence-electron chi connectivity index (χ3n) is 4.74. The largest absolute Gasteiger partial charge is 0.323 e. The lowest BCUT2D eigenvalue weighted by Crippen LogP contribution is -2.35. The van der Waals surface area contributed by atoms with Crippen molar-refractivity contribution in [1.82, 2.24) is 5.32 Å². The summed E-state index contributed by atoms with van der Waals surface area (Å²) in [4.78, 5) is 13.7. The van der Waals surface area contributed by atoms with Gasteiger partial charge in [-0.15, -0.1) is 11.3 Å². The topological polar surface area (TPSA) is 64.9 Å². The lowest BCUT2D eigenvalue weighted by Gasteiger charge is -2.10. The molecule has 0 radical (unpaired) electrons. The maximum absolute atomic E-state index is 12.5. The maximum Gasteiger partial charge on any atom is 0.230 e. The number of thiocarbonyl (C=S) groups is 1. The average Bonchev–Trinajstić information content (AvgIpc) is 3.22. The molecule has 3 aromatic rings. The Morgan fingerprint density at radius 1 is 1.19 bits per heavy atom. The molecule has 0 spiro atoms. The molecule has 0 fully saturated rings. The van der Waals surface area contributed by atoms with E-state index in [2.05, 4.69) is 16.7 Å². The number of rotatable bonds is 3. The number of fused-ring (bicyclic) bond motifs is 2. The first-order valence-corrected chi connectivity index (χ1v) is 10.0. The molecule has 0 saturated heterocycles. The standard InChI is InChI=1S/C21H17N3OS2/c22-12-17-16-9-4-10-18(16)27-20(17)24-21(26)23-19(25)11-14-7-3-6-13-5-1-2-8-15(13)14/h1-3,5-8H,4,9-11H2,(H2,23,24,25,26). The van der Waals surface area contributed by atoms with Crippen molar-refractivity contribution >= 4 is 50.3 Å². The average molecular weight is 392 g/mol. The second-order valence-electron chi connectivity index (χ2n) is 6.49. The van der Waals surface area contributed by atoms with Crippen LogP contribution >= 0.6 is 23.6 Å². The van der Waals surface area contributed by atoms with Crippen molar-refractivity contribution in [3.8, 4) is 6.07 Å². The first-order chi connectivity index (χ1) is 13.2. The van der Waals surface area contributed by atoms with Crippen LogP contribution in [0.5, 0.6) is 0 Å². The molecular formula is C21H17N3OS2. The molecule has 4 rings (SSSR count). The number of nitrogens with zero attached hydrogens (tertiary/aromatic N) is 1. The second-order valence-corrected chi connectivity index (χ2v) is 8.00. The third kappa shape index (κ3) is 3.57. The number of hydrogen-bond acceptors (Lipinski definition) is 4. The molecule has 0 bridgehead atoms. The number of anilines is 1. The molecule has 1 heterocycles. The SMILES string of the molecule is N#Cc1c(NC(=S)NC(=O)Cc2cccc3ccccc23)sc2c1CCC2. The normalized spacial score (nSPS) is 12.4. The highest BCUT2D eigenvalue weighted by Gasteiger charge is 2.22. The van der Waals surface area contributed by atoms with E-state index < -0.39 is 0 Å². The zero-order chi connectivity index (χ0) is 18.8. The summed E-state index contributed by atoms with van der Waals surface area (Å²) in [5.74, 6) is -0.175. The molecule has 1 aliphatic carbocycles. The maximum atomic E-state index is 12.5. The van der Waals surface area contributed by atoms with Gasteiger partial charge in [-0.05, 0) is 53.4 Å². The summed E-state index contributed by atoms with van der Waals surface area (Å²) in [5.41, 5.74) is 2.76. The molecule has 2 N–H and O–H groups in total. The highest BCUT2D eigenvalue weighted by Crippen LogP contribution is 2.38. The van der Waals surface area contributed by atoms with E-state index in [1.54, 1.807) is 11.3 Å². The monoisotopic (exact) mass is 391 g/mol. The molecule has 0 saturated carbocycles. The van der Waals surface area contributed by atoms with E-state index in [0.717, 1.165) is 46.2 Å². The van der Waals surface area contributed by atoms with Gasteiger partial charge in [0.05, 0.1) is 12.0 Å². The quantitative estimate of drug-likeness (QED) is 0.653. The third-order valence-corrected chi connectivity index (χ3v) is 6.16. The summed E-state index contributed by atoms with van der Waals surface area (Å²) in [6, 6.07) is 16.2. The minimum atomic E-state index is -0.175. The first kappa shape index (κ1) is 17.7. The van der Waals surface area contributed by atoms with Crippen molar-refractivity contribution in [1.29, 1.82) is 5.26 Å². The lowest BCUT2D eigenvalue weighted by molar-refractivity contribution is -0.119. The lowest BCUT2D eigenvalue weighted by atomic mass is 10.0. The molecule has 2 aromatic carbocycles. The van der Waals surface area contributed by atoms with Crippen molar-refractivity contribution in [2.45, 2.75) is 25.7 Å².